The normalized spacial score (nSPS) is 12.0. The van der Waals surface area contributed by atoms with Crippen molar-refractivity contribution in [2.75, 3.05) is 0 Å². The molecule has 0 bridgehead atoms. The van der Waals surface area contributed by atoms with Gasteiger partial charge in [0.2, 0.25) is 9.84 Å². The SMILES string of the molecule is Cc1ccc(S(=O)(=O)c2cc3cc(Br)c(Br)n3cn2)cc1. The minimum absolute atomic E-state index is 0.0383. The minimum Gasteiger partial charge on any atom is -0.294 e. The maximum Gasteiger partial charge on any atom is 0.223 e. The first-order chi connectivity index (χ1) is 9.89. The number of sulfone groups is 1. The third-order valence-electron chi connectivity index (χ3n) is 3.14. The largest absolute Gasteiger partial charge is 0.294 e. The highest BCUT2D eigenvalue weighted by Crippen LogP contribution is 2.28. The fraction of sp³-hybridized carbons (Fsp3) is 0.0714. The van der Waals surface area contributed by atoms with Crippen molar-refractivity contribution in [1.82, 2.24) is 9.38 Å². The van der Waals surface area contributed by atoms with Crippen LogP contribution >= 0.6 is 31.9 Å². The fourth-order valence-corrected chi connectivity index (χ4v) is 4.01. The molecule has 0 unspecified atom stereocenters. The topological polar surface area (TPSA) is 51.4 Å². The van der Waals surface area contributed by atoms with Crippen molar-refractivity contribution in [1.29, 1.82) is 0 Å². The van der Waals surface area contributed by atoms with Gasteiger partial charge in [0, 0.05) is 6.07 Å². The Morgan fingerprint density at radius 2 is 1.76 bits per heavy atom. The van der Waals surface area contributed by atoms with Gasteiger partial charge in [0.15, 0.2) is 5.03 Å². The Labute approximate surface area is 139 Å². The lowest BCUT2D eigenvalue weighted by molar-refractivity contribution is 0.592. The molecule has 0 saturated heterocycles. The first-order valence-electron chi connectivity index (χ1n) is 6.03. The van der Waals surface area contributed by atoms with Crippen molar-refractivity contribution in [3.8, 4) is 0 Å². The van der Waals surface area contributed by atoms with E-state index in [0.29, 0.717) is 0 Å². The smallest absolute Gasteiger partial charge is 0.223 e. The van der Waals surface area contributed by atoms with Crippen LogP contribution in [0, 0.1) is 6.92 Å². The summed E-state index contributed by atoms with van der Waals surface area (Å²) in [7, 11) is -3.61. The van der Waals surface area contributed by atoms with Crippen LogP contribution in [0.2, 0.25) is 0 Å². The molecule has 0 aliphatic carbocycles. The molecule has 0 aliphatic rings. The summed E-state index contributed by atoms with van der Waals surface area (Å²) in [5.74, 6) is 0. The maximum absolute atomic E-state index is 12.6. The number of halogens is 2. The van der Waals surface area contributed by atoms with Gasteiger partial charge in [0.25, 0.3) is 0 Å². The van der Waals surface area contributed by atoms with Gasteiger partial charge in [-0.25, -0.2) is 13.4 Å². The van der Waals surface area contributed by atoms with Crippen LogP contribution in [-0.2, 0) is 9.84 Å². The van der Waals surface area contributed by atoms with Crippen molar-refractivity contribution in [2.24, 2.45) is 0 Å². The van der Waals surface area contributed by atoms with Gasteiger partial charge in [-0.15, -0.1) is 0 Å². The molecule has 4 nitrogen and oxygen atoms in total. The zero-order valence-corrected chi connectivity index (χ0v) is 14.9. The molecule has 0 N–H and O–H groups in total. The van der Waals surface area contributed by atoms with E-state index < -0.39 is 9.84 Å². The Morgan fingerprint density at radius 1 is 1.10 bits per heavy atom. The van der Waals surface area contributed by atoms with Crippen LogP contribution in [0.4, 0.5) is 0 Å². The molecule has 7 heteroatoms. The van der Waals surface area contributed by atoms with Crippen LogP contribution in [0.5, 0.6) is 0 Å². The first kappa shape index (κ1) is 14.7. The number of aryl methyl sites for hydroxylation is 1. The number of fused-ring (bicyclic) bond motifs is 1. The van der Waals surface area contributed by atoms with Gasteiger partial charge in [-0.3, -0.25) is 4.40 Å². The van der Waals surface area contributed by atoms with Crippen LogP contribution in [-0.4, -0.2) is 17.8 Å². The van der Waals surface area contributed by atoms with E-state index in [-0.39, 0.29) is 9.92 Å². The second-order valence-corrected chi connectivity index (χ2v) is 8.12. The van der Waals surface area contributed by atoms with Gasteiger partial charge in [0.1, 0.15) is 10.9 Å². The quantitative estimate of drug-likeness (QED) is 0.578. The molecule has 0 saturated carbocycles. The molecule has 2 aromatic heterocycles. The predicted octanol–water partition coefficient (Wildman–Crippen LogP) is 4.00. The number of rotatable bonds is 2. The van der Waals surface area contributed by atoms with Crippen LogP contribution in [0.3, 0.4) is 0 Å². The standard InChI is InChI=1S/C14H10Br2N2O2S/c1-9-2-4-11(5-3-9)21(19,20)13-7-10-6-12(15)14(16)18(10)8-17-13/h2-8H,1H3. The van der Waals surface area contributed by atoms with E-state index in [0.717, 1.165) is 20.2 Å². The summed E-state index contributed by atoms with van der Waals surface area (Å²) in [6, 6.07) is 10.1. The van der Waals surface area contributed by atoms with E-state index in [1.54, 1.807) is 34.7 Å². The molecule has 0 fully saturated rings. The second-order valence-electron chi connectivity index (χ2n) is 4.62. The zero-order valence-electron chi connectivity index (χ0n) is 10.9. The summed E-state index contributed by atoms with van der Waals surface area (Å²) in [6.45, 7) is 1.91. The summed E-state index contributed by atoms with van der Waals surface area (Å²) in [5.41, 5.74) is 1.76. The highest BCUT2D eigenvalue weighted by atomic mass is 79.9. The summed E-state index contributed by atoms with van der Waals surface area (Å²) in [4.78, 5) is 4.32. The first-order valence-corrected chi connectivity index (χ1v) is 9.10. The van der Waals surface area contributed by atoms with E-state index in [1.165, 1.54) is 6.33 Å². The monoisotopic (exact) mass is 428 g/mol. The minimum atomic E-state index is -3.61. The number of benzene rings is 1. The highest BCUT2D eigenvalue weighted by molar-refractivity contribution is 9.13. The molecule has 0 radical (unpaired) electrons. The van der Waals surface area contributed by atoms with Gasteiger partial charge in [0.05, 0.1) is 14.9 Å². The van der Waals surface area contributed by atoms with Gasteiger partial charge < -0.3 is 0 Å². The van der Waals surface area contributed by atoms with Crippen molar-refractivity contribution in [2.45, 2.75) is 16.8 Å². The van der Waals surface area contributed by atoms with Gasteiger partial charge >= 0.3 is 0 Å². The highest BCUT2D eigenvalue weighted by Gasteiger charge is 2.20. The average molecular weight is 430 g/mol. The molecular formula is C14H10Br2N2O2S. The summed E-state index contributed by atoms with van der Waals surface area (Å²) in [5, 5.41) is 0.0383. The third kappa shape index (κ3) is 2.54. The van der Waals surface area contributed by atoms with E-state index in [2.05, 4.69) is 36.8 Å². The molecule has 3 rings (SSSR count). The van der Waals surface area contributed by atoms with Crippen LogP contribution < -0.4 is 0 Å². The van der Waals surface area contributed by atoms with Gasteiger partial charge in [-0.05, 0) is 57.0 Å². The molecular weight excluding hydrogens is 420 g/mol. The van der Waals surface area contributed by atoms with Gasteiger partial charge in [-0.1, -0.05) is 17.7 Å². The Bertz CT molecular complexity index is 932. The van der Waals surface area contributed by atoms with Crippen LogP contribution in [0.1, 0.15) is 5.56 Å². The molecule has 108 valence electrons. The molecule has 0 spiro atoms. The maximum atomic E-state index is 12.6. The Morgan fingerprint density at radius 3 is 2.43 bits per heavy atom. The summed E-state index contributed by atoms with van der Waals surface area (Å²) in [6.07, 6.45) is 1.49. The zero-order chi connectivity index (χ0) is 15.2. The Kier molecular flexibility index (Phi) is 3.67. The number of aromatic nitrogens is 2. The van der Waals surface area contributed by atoms with Crippen molar-refractivity contribution >= 4 is 47.2 Å². The van der Waals surface area contributed by atoms with E-state index in [4.69, 9.17) is 0 Å². The number of nitrogens with zero attached hydrogens (tertiary/aromatic N) is 2. The van der Waals surface area contributed by atoms with Crippen molar-refractivity contribution < 1.29 is 8.42 Å². The molecule has 0 aliphatic heterocycles. The van der Waals surface area contributed by atoms with Crippen molar-refractivity contribution in [3.05, 3.63) is 57.4 Å². The predicted molar refractivity (Wildman–Crippen MR) is 87.2 cm³/mol. The van der Waals surface area contributed by atoms with E-state index in [1.807, 2.05) is 13.0 Å². The second kappa shape index (κ2) is 5.23. The van der Waals surface area contributed by atoms with Crippen molar-refractivity contribution in [3.63, 3.8) is 0 Å². The Balaban J connectivity index is 2.17. The lowest BCUT2D eigenvalue weighted by atomic mass is 10.2. The summed E-state index contributed by atoms with van der Waals surface area (Å²) >= 11 is 6.80. The molecule has 21 heavy (non-hydrogen) atoms. The molecule has 0 amide bonds. The summed E-state index contributed by atoms with van der Waals surface area (Å²) < 4.78 is 28.6. The average Bonchev–Trinajstić information content (AvgIpc) is 2.74. The molecule has 0 atom stereocenters. The lowest BCUT2D eigenvalue weighted by Crippen LogP contribution is -2.05. The van der Waals surface area contributed by atoms with E-state index >= 15 is 0 Å². The van der Waals surface area contributed by atoms with Gasteiger partial charge in [-0.2, -0.15) is 0 Å². The lowest BCUT2D eigenvalue weighted by Gasteiger charge is -2.05. The van der Waals surface area contributed by atoms with Crippen LogP contribution in [0.25, 0.3) is 5.52 Å². The number of hydrogen-bond acceptors (Lipinski definition) is 3. The molecule has 2 heterocycles. The molecule has 3 aromatic rings. The number of hydrogen-bond donors (Lipinski definition) is 0. The van der Waals surface area contributed by atoms with Crippen LogP contribution in [0.15, 0.2) is 61.7 Å². The Hall–Kier alpha value is -1.18. The molecule has 1 aromatic carbocycles. The fourth-order valence-electron chi connectivity index (χ4n) is 1.98. The third-order valence-corrected chi connectivity index (χ3v) is 6.75. The van der Waals surface area contributed by atoms with E-state index in [9.17, 15) is 8.42 Å².